The van der Waals surface area contributed by atoms with E-state index in [2.05, 4.69) is 0 Å². The van der Waals surface area contributed by atoms with Crippen LogP contribution in [-0.2, 0) is 14.8 Å². The van der Waals surface area contributed by atoms with Gasteiger partial charge in [-0.05, 0) is 60.9 Å². The van der Waals surface area contributed by atoms with Gasteiger partial charge in [0.2, 0.25) is 10.0 Å². The molecule has 0 saturated carbocycles. The van der Waals surface area contributed by atoms with Crippen molar-refractivity contribution in [1.29, 1.82) is 0 Å². The third-order valence-corrected chi connectivity index (χ3v) is 7.17. The van der Waals surface area contributed by atoms with Crippen molar-refractivity contribution >= 4 is 27.9 Å². The van der Waals surface area contributed by atoms with E-state index in [-0.39, 0.29) is 16.4 Å². The largest absolute Gasteiger partial charge is 0.495 e. The number of Topliss-reactive ketones (excluding diaryl/α,β-unsaturated/α-hetero) is 1. The smallest absolute Gasteiger partial charge is 0.336 e. The average molecular weight is 458 g/mol. The second-order valence-electron chi connectivity index (χ2n) is 7.43. The summed E-state index contributed by atoms with van der Waals surface area (Å²) in [5, 5.41) is 0. The van der Waals surface area contributed by atoms with Crippen LogP contribution >= 0.6 is 0 Å². The molecule has 32 heavy (non-hydrogen) atoms. The topological polar surface area (TPSA) is 90.0 Å². The maximum Gasteiger partial charge on any atom is 0.336 e. The van der Waals surface area contributed by atoms with Gasteiger partial charge in [-0.1, -0.05) is 19.4 Å². The fraction of sp³-hybridized carbons (Fsp3) is 0.333. The van der Waals surface area contributed by atoms with Gasteiger partial charge in [0, 0.05) is 31.1 Å². The molecule has 2 aromatic carbocycles. The number of carbonyl (C=O) groups excluding carboxylic acids is 2. The number of sulfonamides is 1. The predicted octanol–water partition coefficient (Wildman–Crippen LogP) is 4.08. The number of carbonyl (C=O) groups is 2. The van der Waals surface area contributed by atoms with Gasteiger partial charge in [0.1, 0.15) is 16.4 Å². The molecule has 3 rings (SSSR count). The molecule has 2 aromatic rings. The van der Waals surface area contributed by atoms with Gasteiger partial charge in [-0.3, -0.25) is 4.79 Å². The highest BCUT2D eigenvalue weighted by molar-refractivity contribution is 7.89. The third kappa shape index (κ3) is 5.63. The Bertz CT molecular complexity index is 1100. The van der Waals surface area contributed by atoms with Crippen LogP contribution in [0, 0.1) is 0 Å². The van der Waals surface area contributed by atoms with Crippen molar-refractivity contribution in [1.82, 2.24) is 4.31 Å². The lowest BCUT2D eigenvalue weighted by Gasteiger charge is -2.26. The summed E-state index contributed by atoms with van der Waals surface area (Å²) in [6.45, 7) is 2.75. The van der Waals surface area contributed by atoms with Gasteiger partial charge >= 0.3 is 5.97 Å². The second kappa shape index (κ2) is 10.6. The second-order valence-corrected chi connectivity index (χ2v) is 9.34. The molecule has 0 bridgehead atoms. The Morgan fingerprint density at radius 2 is 1.72 bits per heavy atom. The molecule has 1 saturated heterocycles. The first-order valence-corrected chi connectivity index (χ1v) is 12.0. The Labute approximate surface area is 188 Å². The molecule has 1 aliphatic heterocycles. The molecule has 170 valence electrons. The van der Waals surface area contributed by atoms with E-state index >= 15 is 0 Å². The first-order valence-electron chi connectivity index (χ1n) is 10.6. The summed E-state index contributed by atoms with van der Waals surface area (Å²) < 4.78 is 38.2. The Morgan fingerprint density at radius 1 is 1.03 bits per heavy atom. The van der Waals surface area contributed by atoms with Gasteiger partial charge in [0.05, 0.1) is 7.11 Å². The predicted molar refractivity (Wildman–Crippen MR) is 121 cm³/mol. The van der Waals surface area contributed by atoms with E-state index in [1.807, 2.05) is 0 Å². The molecular weight excluding hydrogens is 430 g/mol. The lowest BCUT2D eigenvalue weighted by Crippen LogP contribution is -2.35. The number of esters is 1. The molecule has 1 aliphatic rings. The summed E-state index contributed by atoms with van der Waals surface area (Å²) in [5.74, 6) is -0.0270. The number of ether oxygens (including phenoxy) is 2. The molecule has 0 aliphatic carbocycles. The summed E-state index contributed by atoms with van der Waals surface area (Å²) in [4.78, 5) is 23.9. The van der Waals surface area contributed by atoms with Gasteiger partial charge in [-0.15, -0.1) is 0 Å². The van der Waals surface area contributed by atoms with Crippen LogP contribution in [0.25, 0.3) is 6.08 Å². The molecule has 7 nitrogen and oxygen atoms in total. The zero-order valence-corrected chi connectivity index (χ0v) is 19.1. The van der Waals surface area contributed by atoms with E-state index in [1.165, 1.54) is 29.6 Å². The monoisotopic (exact) mass is 457 g/mol. The Kier molecular flexibility index (Phi) is 7.82. The minimum Gasteiger partial charge on any atom is -0.495 e. The summed E-state index contributed by atoms with van der Waals surface area (Å²) >= 11 is 0. The molecule has 8 heteroatoms. The number of ketones is 1. The van der Waals surface area contributed by atoms with Crippen LogP contribution < -0.4 is 9.47 Å². The Morgan fingerprint density at radius 3 is 2.34 bits per heavy atom. The Balaban J connectivity index is 1.74. The highest BCUT2D eigenvalue weighted by Crippen LogP contribution is 2.30. The minimum absolute atomic E-state index is 0.0117. The first-order chi connectivity index (χ1) is 15.3. The van der Waals surface area contributed by atoms with Crippen molar-refractivity contribution in [2.24, 2.45) is 0 Å². The molecule has 1 fully saturated rings. The van der Waals surface area contributed by atoms with E-state index in [4.69, 9.17) is 9.47 Å². The van der Waals surface area contributed by atoms with E-state index < -0.39 is 16.0 Å². The number of nitrogens with zero attached hydrogens (tertiary/aromatic N) is 1. The summed E-state index contributed by atoms with van der Waals surface area (Å²) in [6.07, 6.45) is 5.81. The van der Waals surface area contributed by atoms with Gasteiger partial charge in [-0.2, -0.15) is 4.31 Å². The summed E-state index contributed by atoms with van der Waals surface area (Å²) in [6, 6.07) is 11.1. The molecule has 0 amide bonds. The van der Waals surface area contributed by atoms with Crippen molar-refractivity contribution in [2.75, 3.05) is 20.2 Å². The van der Waals surface area contributed by atoms with Crippen LogP contribution in [0.1, 0.15) is 48.5 Å². The number of methoxy groups -OCH3 is 1. The lowest BCUT2D eigenvalue weighted by molar-refractivity contribution is -0.128. The Hall–Kier alpha value is -2.97. The molecule has 1 heterocycles. The van der Waals surface area contributed by atoms with Crippen LogP contribution in [0.3, 0.4) is 0 Å². The minimum atomic E-state index is -3.70. The van der Waals surface area contributed by atoms with Crippen LogP contribution in [0.5, 0.6) is 11.5 Å². The van der Waals surface area contributed by atoms with E-state index in [1.54, 1.807) is 43.3 Å². The van der Waals surface area contributed by atoms with Crippen LogP contribution in [0.2, 0.25) is 0 Å². The lowest BCUT2D eigenvalue weighted by atomic mass is 10.1. The van der Waals surface area contributed by atoms with Crippen LogP contribution in [0.15, 0.2) is 53.4 Å². The van der Waals surface area contributed by atoms with Gasteiger partial charge in [0.15, 0.2) is 5.78 Å². The molecule has 0 spiro atoms. The van der Waals surface area contributed by atoms with Crippen molar-refractivity contribution in [2.45, 2.75) is 37.5 Å². The van der Waals surface area contributed by atoms with Crippen molar-refractivity contribution in [3.05, 3.63) is 59.7 Å². The highest BCUT2D eigenvalue weighted by atomic mass is 32.2. The molecule has 0 N–H and O–H groups in total. The van der Waals surface area contributed by atoms with Gasteiger partial charge in [-0.25, -0.2) is 13.2 Å². The quantitative estimate of drug-likeness (QED) is 0.257. The zero-order chi connectivity index (χ0) is 23.1. The van der Waals surface area contributed by atoms with Gasteiger partial charge in [0.25, 0.3) is 0 Å². The van der Waals surface area contributed by atoms with Crippen LogP contribution in [-0.4, -0.2) is 44.7 Å². The summed E-state index contributed by atoms with van der Waals surface area (Å²) in [7, 11) is -2.27. The number of rotatable bonds is 8. The maximum absolute atomic E-state index is 13.1. The number of hydrogen-bond acceptors (Lipinski definition) is 6. The fourth-order valence-electron chi connectivity index (χ4n) is 3.47. The maximum atomic E-state index is 13.1. The van der Waals surface area contributed by atoms with Gasteiger partial charge < -0.3 is 9.47 Å². The highest BCUT2D eigenvalue weighted by Gasteiger charge is 2.29. The van der Waals surface area contributed by atoms with E-state index in [0.29, 0.717) is 36.4 Å². The fourth-order valence-corrected chi connectivity index (χ4v) is 5.18. The third-order valence-electron chi connectivity index (χ3n) is 5.25. The average Bonchev–Trinajstić information content (AvgIpc) is 2.83. The molecule has 0 aromatic heterocycles. The van der Waals surface area contributed by atoms with Crippen molar-refractivity contribution < 1.29 is 27.5 Å². The van der Waals surface area contributed by atoms with E-state index in [9.17, 15) is 18.0 Å². The number of piperidine rings is 1. The normalized spacial score (nSPS) is 14.9. The number of hydrogen-bond donors (Lipinski definition) is 0. The zero-order valence-electron chi connectivity index (χ0n) is 18.2. The van der Waals surface area contributed by atoms with Crippen molar-refractivity contribution in [3.63, 3.8) is 0 Å². The molecular formula is C24H27NO6S. The number of benzene rings is 2. The molecule has 0 unspecified atom stereocenters. The molecule has 0 radical (unpaired) electrons. The SMILES string of the molecule is CCC(=O)c1ccc(OC(=O)/C=C/c2ccc(OC)c(S(=O)(=O)N3CCCCC3)c2)cc1. The van der Waals surface area contributed by atoms with Crippen molar-refractivity contribution in [3.8, 4) is 11.5 Å². The van der Waals surface area contributed by atoms with E-state index in [0.717, 1.165) is 19.3 Å². The first kappa shape index (κ1) is 23.7. The summed E-state index contributed by atoms with van der Waals surface area (Å²) in [5.41, 5.74) is 1.09. The molecule has 0 atom stereocenters. The van der Waals surface area contributed by atoms with Crippen LogP contribution in [0.4, 0.5) is 0 Å². The standard InChI is InChI=1S/C24H27NO6S/c1-3-21(26)19-9-11-20(12-10-19)31-24(27)14-8-18-7-13-22(30-2)23(17-18)32(28,29)25-15-5-4-6-16-25/h7-14,17H,3-6,15-16H2,1-2H3/b14-8+.